The first-order valence-electron chi connectivity index (χ1n) is 6.62. The number of carboxylic acid groups (broad SMARTS) is 1. The van der Waals surface area contributed by atoms with Crippen LogP contribution in [0.5, 0.6) is 0 Å². The number of aromatic nitrogens is 2. The van der Waals surface area contributed by atoms with Gasteiger partial charge in [0.1, 0.15) is 5.82 Å². The van der Waals surface area contributed by atoms with Gasteiger partial charge >= 0.3 is 12.1 Å². The highest BCUT2D eigenvalue weighted by molar-refractivity contribution is 5.85. The highest BCUT2D eigenvalue weighted by Crippen LogP contribution is 2.34. The van der Waals surface area contributed by atoms with Gasteiger partial charge in [0.05, 0.1) is 16.9 Å². The molecule has 1 aromatic carbocycles. The number of nitrogens with zero attached hydrogens (tertiary/aromatic N) is 2. The van der Waals surface area contributed by atoms with E-state index in [1.165, 1.54) is 6.07 Å². The minimum atomic E-state index is -4.86. The molecule has 0 atom stereocenters. The quantitative estimate of drug-likeness (QED) is 0.846. The number of hydrogen-bond acceptors (Lipinski definition) is 2. The van der Waals surface area contributed by atoms with Crippen molar-refractivity contribution in [1.29, 1.82) is 0 Å². The van der Waals surface area contributed by atoms with Crippen LogP contribution in [0, 0.1) is 5.82 Å². The largest absolute Gasteiger partial charge is 0.476 e. The van der Waals surface area contributed by atoms with Crippen LogP contribution < -0.4 is 0 Å². The van der Waals surface area contributed by atoms with Crippen LogP contribution in [0.4, 0.5) is 17.6 Å². The molecule has 0 aliphatic heterocycles. The summed E-state index contributed by atoms with van der Waals surface area (Å²) in [6.07, 6.45) is -4.86. The van der Waals surface area contributed by atoms with Gasteiger partial charge in [-0.1, -0.05) is 20.8 Å². The molecular formula is C15H14F4N2O2. The smallest absolute Gasteiger partial charge is 0.419 e. The van der Waals surface area contributed by atoms with Crippen LogP contribution in [0.3, 0.4) is 0 Å². The van der Waals surface area contributed by atoms with Crippen molar-refractivity contribution in [2.45, 2.75) is 32.4 Å². The number of alkyl halides is 3. The van der Waals surface area contributed by atoms with Gasteiger partial charge in [0.15, 0.2) is 5.69 Å². The standard InChI is InChI=1S/C15H14F4N2O2/c1-14(2,3)12-7-11(13(22)23)20-21(12)8-4-5-10(16)9(6-8)15(17,18)19/h4-7H,1-3H3,(H,22,23). The van der Waals surface area contributed by atoms with Gasteiger partial charge in [0.2, 0.25) is 0 Å². The average molecular weight is 330 g/mol. The van der Waals surface area contributed by atoms with Crippen molar-refractivity contribution < 1.29 is 27.5 Å². The Morgan fingerprint density at radius 3 is 2.26 bits per heavy atom. The van der Waals surface area contributed by atoms with Crippen LogP contribution in [0.2, 0.25) is 0 Å². The second-order valence-corrected chi connectivity index (χ2v) is 6.04. The van der Waals surface area contributed by atoms with Crippen molar-refractivity contribution in [2.75, 3.05) is 0 Å². The van der Waals surface area contributed by atoms with Gasteiger partial charge in [-0.15, -0.1) is 0 Å². The van der Waals surface area contributed by atoms with Crippen LogP contribution in [0.1, 0.15) is 42.5 Å². The zero-order chi connectivity index (χ0) is 17.6. The zero-order valence-corrected chi connectivity index (χ0v) is 12.6. The number of hydrogen-bond donors (Lipinski definition) is 1. The van der Waals surface area contributed by atoms with Crippen molar-refractivity contribution in [3.05, 3.63) is 47.0 Å². The van der Waals surface area contributed by atoms with E-state index in [4.69, 9.17) is 5.11 Å². The number of carboxylic acids is 1. The first-order valence-corrected chi connectivity index (χ1v) is 6.62. The Morgan fingerprint density at radius 2 is 1.78 bits per heavy atom. The minimum Gasteiger partial charge on any atom is -0.476 e. The first-order chi connectivity index (χ1) is 10.4. The third-order valence-electron chi connectivity index (χ3n) is 3.20. The molecule has 0 aliphatic rings. The Morgan fingerprint density at radius 1 is 1.17 bits per heavy atom. The molecule has 4 nitrogen and oxygen atoms in total. The van der Waals surface area contributed by atoms with Gasteiger partial charge in [-0.3, -0.25) is 0 Å². The number of carbonyl (C=O) groups is 1. The Kier molecular flexibility index (Phi) is 3.96. The fraction of sp³-hybridized carbons (Fsp3) is 0.333. The molecular weight excluding hydrogens is 316 g/mol. The summed E-state index contributed by atoms with van der Waals surface area (Å²) in [5.74, 6) is -2.70. The van der Waals surface area contributed by atoms with Crippen molar-refractivity contribution >= 4 is 5.97 Å². The second kappa shape index (κ2) is 5.36. The summed E-state index contributed by atoms with van der Waals surface area (Å²) < 4.78 is 53.0. The Labute approximate surface area is 129 Å². The van der Waals surface area contributed by atoms with E-state index < -0.39 is 28.9 Å². The predicted molar refractivity (Wildman–Crippen MR) is 74.2 cm³/mol. The molecule has 0 unspecified atom stereocenters. The van der Waals surface area contributed by atoms with E-state index >= 15 is 0 Å². The lowest BCUT2D eigenvalue weighted by Crippen LogP contribution is -2.18. The van der Waals surface area contributed by atoms with E-state index in [0.717, 1.165) is 10.7 Å². The molecule has 23 heavy (non-hydrogen) atoms. The second-order valence-electron chi connectivity index (χ2n) is 6.04. The summed E-state index contributed by atoms with van der Waals surface area (Å²) in [6, 6.07) is 3.72. The third-order valence-corrected chi connectivity index (χ3v) is 3.20. The maximum absolute atomic E-state index is 13.4. The summed E-state index contributed by atoms with van der Waals surface area (Å²) in [5.41, 5.74) is -1.96. The molecule has 0 bridgehead atoms. The van der Waals surface area contributed by atoms with E-state index in [1.54, 1.807) is 20.8 Å². The summed E-state index contributed by atoms with van der Waals surface area (Å²) in [6.45, 7) is 5.29. The van der Waals surface area contributed by atoms with Crippen molar-refractivity contribution in [3.8, 4) is 5.69 Å². The molecule has 0 saturated carbocycles. The third kappa shape index (κ3) is 3.35. The number of rotatable bonds is 2. The first kappa shape index (κ1) is 17.0. The Balaban J connectivity index is 2.69. The maximum atomic E-state index is 13.4. The lowest BCUT2D eigenvalue weighted by atomic mass is 9.91. The molecule has 1 aromatic heterocycles. The number of benzene rings is 1. The molecule has 1 N–H and O–H groups in total. The van der Waals surface area contributed by atoms with Crippen molar-refractivity contribution in [1.82, 2.24) is 9.78 Å². The highest BCUT2D eigenvalue weighted by atomic mass is 19.4. The molecule has 0 aliphatic carbocycles. The van der Waals surface area contributed by atoms with Crippen LogP contribution in [-0.4, -0.2) is 20.9 Å². The molecule has 124 valence electrons. The van der Waals surface area contributed by atoms with Crippen LogP contribution >= 0.6 is 0 Å². The van der Waals surface area contributed by atoms with Gasteiger partial charge in [-0.25, -0.2) is 13.9 Å². The number of halogens is 4. The van der Waals surface area contributed by atoms with Gasteiger partial charge in [0.25, 0.3) is 0 Å². The lowest BCUT2D eigenvalue weighted by Gasteiger charge is -2.20. The normalized spacial score (nSPS) is 12.5. The van der Waals surface area contributed by atoms with Gasteiger partial charge in [-0.2, -0.15) is 18.3 Å². The van der Waals surface area contributed by atoms with Crippen LogP contribution in [0.15, 0.2) is 24.3 Å². The summed E-state index contributed by atoms with van der Waals surface area (Å²) in [5, 5.41) is 12.9. The molecule has 2 rings (SSSR count). The average Bonchev–Trinajstić information content (AvgIpc) is 2.83. The van der Waals surface area contributed by atoms with Crippen molar-refractivity contribution in [2.24, 2.45) is 0 Å². The van der Waals surface area contributed by atoms with E-state index in [0.29, 0.717) is 17.8 Å². The molecule has 1 heterocycles. The fourth-order valence-corrected chi connectivity index (χ4v) is 2.08. The SMILES string of the molecule is CC(C)(C)c1cc(C(=O)O)nn1-c1ccc(F)c(C(F)(F)F)c1. The molecule has 8 heteroatoms. The topological polar surface area (TPSA) is 55.1 Å². The van der Waals surface area contributed by atoms with E-state index in [1.807, 2.05) is 0 Å². The molecule has 0 radical (unpaired) electrons. The molecule has 0 amide bonds. The van der Waals surface area contributed by atoms with Gasteiger partial charge in [-0.05, 0) is 24.3 Å². The Bertz CT molecular complexity index is 758. The maximum Gasteiger partial charge on any atom is 0.419 e. The summed E-state index contributed by atoms with van der Waals surface area (Å²) in [7, 11) is 0. The molecule has 0 fully saturated rings. The number of aromatic carboxylic acids is 1. The molecule has 0 saturated heterocycles. The predicted octanol–water partition coefficient (Wildman–Crippen LogP) is 4.03. The van der Waals surface area contributed by atoms with Crippen LogP contribution in [-0.2, 0) is 11.6 Å². The van der Waals surface area contributed by atoms with Crippen LogP contribution in [0.25, 0.3) is 5.69 Å². The highest BCUT2D eigenvalue weighted by Gasteiger charge is 2.35. The summed E-state index contributed by atoms with van der Waals surface area (Å²) >= 11 is 0. The van der Waals surface area contributed by atoms with E-state index in [-0.39, 0.29) is 11.4 Å². The fourth-order valence-electron chi connectivity index (χ4n) is 2.08. The van der Waals surface area contributed by atoms with Gasteiger partial charge in [0, 0.05) is 5.41 Å². The van der Waals surface area contributed by atoms with Crippen molar-refractivity contribution in [3.63, 3.8) is 0 Å². The molecule has 0 spiro atoms. The Hall–Kier alpha value is -2.38. The summed E-state index contributed by atoms with van der Waals surface area (Å²) in [4.78, 5) is 11.1. The lowest BCUT2D eigenvalue weighted by molar-refractivity contribution is -0.140. The van der Waals surface area contributed by atoms with E-state index in [2.05, 4.69) is 5.10 Å². The minimum absolute atomic E-state index is 0.0591. The van der Waals surface area contributed by atoms with E-state index in [9.17, 15) is 22.4 Å². The van der Waals surface area contributed by atoms with Gasteiger partial charge < -0.3 is 5.11 Å². The monoisotopic (exact) mass is 330 g/mol. The zero-order valence-electron chi connectivity index (χ0n) is 12.6. The molecule has 2 aromatic rings.